The van der Waals surface area contributed by atoms with E-state index >= 15 is 0 Å². The molecule has 0 bridgehead atoms. The van der Waals surface area contributed by atoms with Crippen molar-refractivity contribution in [3.05, 3.63) is 45.0 Å². The van der Waals surface area contributed by atoms with Crippen LogP contribution in [-0.4, -0.2) is 6.54 Å². The third-order valence-corrected chi connectivity index (χ3v) is 1.79. The lowest BCUT2D eigenvalue weighted by atomic mass is 10.2. The van der Waals surface area contributed by atoms with Crippen LogP contribution in [0, 0.1) is 17.7 Å². The Morgan fingerprint density at radius 3 is 3.07 bits per heavy atom. The third kappa shape index (κ3) is 3.90. The quantitative estimate of drug-likeness (QED) is 0.242. The molecule has 3 nitrogen and oxygen atoms in total. The van der Waals surface area contributed by atoms with Gasteiger partial charge in [-0.05, 0) is 23.7 Å². The number of nitrogens with zero attached hydrogens (tertiary/aromatic N) is 3. The Balaban J connectivity index is 2.70. The Kier molecular flexibility index (Phi) is 4.49. The van der Waals surface area contributed by atoms with E-state index in [4.69, 9.17) is 17.1 Å². The van der Waals surface area contributed by atoms with Crippen LogP contribution in [0.4, 0.5) is 4.39 Å². The molecule has 76 valence electrons. The van der Waals surface area contributed by atoms with Gasteiger partial charge in [0.1, 0.15) is 5.82 Å². The number of halogens is 2. The number of azide groups is 1. The molecule has 15 heavy (non-hydrogen) atoms. The highest BCUT2D eigenvalue weighted by Crippen LogP contribution is 2.13. The molecule has 0 aliphatic rings. The van der Waals surface area contributed by atoms with E-state index in [1.54, 1.807) is 0 Å². The molecular weight excluding hydrogens is 217 g/mol. The Hall–Kier alpha value is -1.69. The van der Waals surface area contributed by atoms with Crippen molar-refractivity contribution in [2.45, 2.75) is 6.42 Å². The van der Waals surface area contributed by atoms with Gasteiger partial charge in [0, 0.05) is 22.9 Å². The lowest BCUT2D eigenvalue weighted by molar-refractivity contribution is 0.624. The van der Waals surface area contributed by atoms with Gasteiger partial charge in [-0.3, -0.25) is 0 Å². The van der Waals surface area contributed by atoms with Gasteiger partial charge in [-0.1, -0.05) is 28.6 Å². The maximum absolute atomic E-state index is 13.1. The summed E-state index contributed by atoms with van der Waals surface area (Å²) in [5.41, 5.74) is 8.25. The molecule has 0 radical (unpaired) electrons. The fourth-order valence-corrected chi connectivity index (χ4v) is 1.07. The molecule has 5 heteroatoms. The molecule has 1 rings (SSSR count). The number of benzene rings is 1. The maximum atomic E-state index is 13.1. The molecule has 0 heterocycles. The Morgan fingerprint density at radius 1 is 1.53 bits per heavy atom. The summed E-state index contributed by atoms with van der Waals surface area (Å²) in [4.78, 5) is 2.57. The largest absolute Gasteiger partial charge is 0.206 e. The first-order valence-corrected chi connectivity index (χ1v) is 4.56. The van der Waals surface area contributed by atoms with E-state index in [9.17, 15) is 4.39 Å². The first-order valence-electron chi connectivity index (χ1n) is 4.19. The molecule has 0 spiro atoms. The minimum atomic E-state index is -0.407. The summed E-state index contributed by atoms with van der Waals surface area (Å²) in [5, 5.41) is 3.74. The van der Waals surface area contributed by atoms with Crippen LogP contribution >= 0.6 is 11.6 Å². The van der Waals surface area contributed by atoms with Crippen molar-refractivity contribution < 1.29 is 4.39 Å². The van der Waals surface area contributed by atoms with Crippen LogP contribution in [0.5, 0.6) is 0 Å². The smallest absolute Gasteiger partial charge is 0.138 e. The second kappa shape index (κ2) is 5.92. The van der Waals surface area contributed by atoms with Crippen molar-refractivity contribution in [3.63, 3.8) is 0 Å². The van der Waals surface area contributed by atoms with E-state index in [-0.39, 0.29) is 12.1 Å². The van der Waals surface area contributed by atoms with E-state index in [1.165, 1.54) is 18.2 Å². The van der Waals surface area contributed by atoms with Crippen LogP contribution in [0.25, 0.3) is 10.4 Å². The van der Waals surface area contributed by atoms with Gasteiger partial charge in [-0.25, -0.2) is 4.39 Å². The van der Waals surface area contributed by atoms with Crippen LogP contribution in [-0.2, 0) is 0 Å². The lowest BCUT2D eigenvalue weighted by Crippen LogP contribution is -1.83. The Labute approximate surface area is 91.5 Å². The normalized spacial score (nSPS) is 8.67. The van der Waals surface area contributed by atoms with Crippen molar-refractivity contribution in [2.75, 3.05) is 6.54 Å². The van der Waals surface area contributed by atoms with Gasteiger partial charge in [-0.15, -0.1) is 0 Å². The molecule has 0 saturated heterocycles. The number of rotatable bonds is 2. The Bertz CT molecular complexity index is 455. The van der Waals surface area contributed by atoms with Gasteiger partial charge in [-0.2, -0.15) is 0 Å². The molecule has 0 unspecified atom stereocenters. The summed E-state index contributed by atoms with van der Waals surface area (Å²) in [6, 6.07) is 4.18. The van der Waals surface area contributed by atoms with Gasteiger partial charge in [0.2, 0.25) is 0 Å². The summed E-state index contributed by atoms with van der Waals surface area (Å²) >= 11 is 5.68. The number of hydrogen-bond donors (Lipinski definition) is 0. The van der Waals surface area contributed by atoms with E-state index in [2.05, 4.69) is 21.9 Å². The van der Waals surface area contributed by atoms with Crippen LogP contribution in [0.2, 0.25) is 5.02 Å². The highest BCUT2D eigenvalue weighted by atomic mass is 35.5. The fraction of sp³-hybridized carbons (Fsp3) is 0.200. The standard InChI is InChI=1S/C10H7ClFN3/c11-9-4-5-10(12)8(7-9)3-1-2-6-14-15-13/h4-5,7H,2,6H2. The predicted molar refractivity (Wildman–Crippen MR) is 56.9 cm³/mol. The minimum absolute atomic E-state index is 0.253. The molecule has 0 amide bonds. The second-order valence-corrected chi connectivity index (χ2v) is 3.07. The molecule has 1 aromatic carbocycles. The van der Waals surface area contributed by atoms with Crippen molar-refractivity contribution in [1.29, 1.82) is 0 Å². The van der Waals surface area contributed by atoms with Crippen molar-refractivity contribution in [1.82, 2.24) is 0 Å². The summed E-state index contributed by atoms with van der Waals surface area (Å²) in [7, 11) is 0. The second-order valence-electron chi connectivity index (χ2n) is 2.63. The van der Waals surface area contributed by atoms with E-state index in [0.717, 1.165) is 0 Å². The van der Waals surface area contributed by atoms with Crippen LogP contribution in [0.1, 0.15) is 12.0 Å². The highest BCUT2D eigenvalue weighted by Gasteiger charge is 1.98. The van der Waals surface area contributed by atoms with Gasteiger partial charge >= 0.3 is 0 Å². The van der Waals surface area contributed by atoms with E-state index < -0.39 is 5.82 Å². The van der Waals surface area contributed by atoms with Crippen LogP contribution in [0.3, 0.4) is 0 Å². The van der Waals surface area contributed by atoms with Crippen LogP contribution in [0.15, 0.2) is 23.3 Å². The topological polar surface area (TPSA) is 48.8 Å². The fourth-order valence-electron chi connectivity index (χ4n) is 0.902. The summed E-state index contributed by atoms with van der Waals surface area (Å²) in [6.07, 6.45) is 0.399. The zero-order chi connectivity index (χ0) is 11.1. The molecule has 0 aliphatic heterocycles. The zero-order valence-corrected chi connectivity index (χ0v) is 8.50. The molecular formula is C10H7ClFN3. The lowest BCUT2D eigenvalue weighted by Gasteiger charge is -1.94. The average Bonchev–Trinajstić information content (AvgIpc) is 2.23. The monoisotopic (exact) mass is 223 g/mol. The summed E-state index contributed by atoms with van der Waals surface area (Å²) in [5.74, 6) is 4.90. The molecule has 0 aliphatic carbocycles. The van der Waals surface area contributed by atoms with Crippen LogP contribution < -0.4 is 0 Å². The first kappa shape index (κ1) is 11.4. The van der Waals surface area contributed by atoms with E-state index in [0.29, 0.717) is 11.4 Å². The molecule has 0 atom stereocenters. The molecule has 1 aromatic rings. The third-order valence-electron chi connectivity index (χ3n) is 1.55. The number of hydrogen-bond acceptors (Lipinski definition) is 1. The predicted octanol–water partition coefficient (Wildman–Crippen LogP) is 3.53. The highest BCUT2D eigenvalue weighted by molar-refractivity contribution is 6.30. The van der Waals surface area contributed by atoms with Crippen molar-refractivity contribution in [3.8, 4) is 11.8 Å². The van der Waals surface area contributed by atoms with Gasteiger partial charge in [0.15, 0.2) is 0 Å². The Morgan fingerprint density at radius 2 is 2.33 bits per heavy atom. The molecule has 0 fully saturated rings. The van der Waals surface area contributed by atoms with Gasteiger partial charge in [0.05, 0.1) is 5.56 Å². The maximum Gasteiger partial charge on any atom is 0.138 e. The van der Waals surface area contributed by atoms with Crippen molar-refractivity contribution >= 4 is 11.6 Å². The zero-order valence-electron chi connectivity index (χ0n) is 7.74. The molecule has 0 saturated carbocycles. The summed E-state index contributed by atoms with van der Waals surface area (Å²) < 4.78 is 13.1. The average molecular weight is 224 g/mol. The SMILES string of the molecule is [N-]=[N+]=NCCC#Cc1cc(Cl)ccc1F. The van der Waals surface area contributed by atoms with E-state index in [1.807, 2.05) is 0 Å². The first-order chi connectivity index (χ1) is 7.24. The minimum Gasteiger partial charge on any atom is -0.206 e. The van der Waals surface area contributed by atoms with Crippen molar-refractivity contribution in [2.24, 2.45) is 5.11 Å². The van der Waals surface area contributed by atoms with Gasteiger partial charge in [0.25, 0.3) is 0 Å². The summed E-state index contributed by atoms with van der Waals surface area (Å²) in [6.45, 7) is 0.283. The van der Waals surface area contributed by atoms with Gasteiger partial charge < -0.3 is 0 Å². The molecule has 0 aromatic heterocycles. The molecule has 0 N–H and O–H groups in total.